The molecule has 33 heavy (non-hydrogen) atoms. The van der Waals surface area contributed by atoms with Gasteiger partial charge in [-0.1, -0.05) is 110 Å². The zero-order chi connectivity index (χ0) is 23.6. The predicted octanol–water partition coefficient (Wildman–Crippen LogP) is 8.77. The number of benzene rings is 1. The number of carbonyl (C=O) groups excluding carboxylic acids is 1. The first-order chi connectivity index (χ1) is 16.2. The molecule has 0 atom stereocenters. The van der Waals surface area contributed by atoms with Crippen molar-refractivity contribution in [1.29, 1.82) is 0 Å². The summed E-state index contributed by atoms with van der Waals surface area (Å²) in [6, 6.07) is 5.49. The van der Waals surface area contributed by atoms with Crippen LogP contribution in [-0.2, 0) is 4.74 Å². The Kier molecular flexibility index (Phi) is 14.8. The molecule has 0 heterocycles. The largest absolute Gasteiger partial charge is 0.506 e. The molecule has 1 aromatic carbocycles. The van der Waals surface area contributed by atoms with Gasteiger partial charge in [0.25, 0.3) is 0 Å². The number of rotatable bonds is 18. The highest BCUT2D eigenvalue weighted by Gasteiger charge is 2.16. The van der Waals surface area contributed by atoms with Crippen LogP contribution in [0.15, 0.2) is 18.2 Å². The van der Waals surface area contributed by atoms with Gasteiger partial charge in [0.2, 0.25) is 0 Å². The Morgan fingerprint density at radius 1 is 0.848 bits per heavy atom. The van der Waals surface area contributed by atoms with E-state index in [9.17, 15) is 9.90 Å². The van der Waals surface area contributed by atoms with E-state index in [4.69, 9.17) is 4.74 Å². The second-order valence-electron chi connectivity index (χ2n) is 9.94. The van der Waals surface area contributed by atoms with E-state index in [2.05, 4.69) is 12.2 Å². The summed E-state index contributed by atoms with van der Waals surface area (Å²) in [5.41, 5.74) is 1.14. The topological polar surface area (TPSA) is 58.6 Å². The number of unbranched alkanes of at least 4 members (excludes halogenated alkanes) is 13. The number of hydrogen-bond acceptors (Lipinski definition) is 4. The smallest absolute Gasteiger partial charge is 0.338 e. The van der Waals surface area contributed by atoms with Gasteiger partial charge in [0.05, 0.1) is 17.9 Å². The summed E-state index contributed by atoms with van der Waals surface area (Å²) in [4.78, 5) is 12.3. The van der Waals surface area contributed by atoms with Crippen molar-refractivity contribution in [3.8, 4) is 5.75 Å². The van der Waals surface area contributed by atoms with Crippen LogP contribution in [0.25, 0.3) is 0 Å². The molecule has 0 spiro atoms. The van der Waals surface area contributed by atoms with Crippen molar-refractivity contribution < 1.29 is 14.6 Å². The zero-order valence-electron chi connectivity index (χ0n) is 21.2. The lowest BCUT2D eigenvalue weighted by Gasteiger charge is -2.24. The van der Waals surface area contributed by atoms with Crippen LogP contribution in [0.1, 0.15) is 139 Å². The second-order valence-corrected chi connectivity index (χ2v) is 9.94. The lowest BCUT2D eigenvalue weighted by atomic mass is 9.95. The molecule has 0 aromatic heterocycles. The van der Waals surface area contributed by atoms with Crippen molar-refractivity contribution in [2.24, 2.45) is 0 Å². The summed E-state index contributed by atoms with van der Waals surface area (Å²) in [5, 5.41) is 13.7. The molecular weight excluding hydrogens is 410 g/mol. The van der Waals surface area contributed by atoms with Crippen LogP contribution in [0.4, 0.5) is 5.69 Å². The van der Waals surface area contributed by atoms with Crippen LogP contribution in [0.2, 0.25) is 0 Å². The standard InChI is InChI=1S/C29H49NO3/c1-2-3-4-5-6-7-8-9-10-11-12-13-14-18-23-33-29(32)25-21-22-27(28(31)24-25)30-26-19-16-15-17-20-26/h21-22,24,26,30-31H,2-20,23H2,1H3. The first-order valence-corrected chi connectivity index (χ1v) is 14.0. The van der Waals surface area contributed by atoms with Gasteiger partial charge in [-0.3, -0.25) is 0 Å². The van der Waals surface area contributed by atoms with E-state index >= 15 is 0 Å². The minimum absolute atomic E-state index is 0.131. The minimum Gasteiger partial charge on any atom is -0.506 e. The first kappa shape index (κ1) is 27.5. The number of anilines is 1. The minimum atomic E-state index is -0.343. The van der Waals surface area contributed by atoms with E-state index in [1.807, 2.05) is 0 Å². The van der Waals surface area contributed by atoms with Crippen molar-refractivity contribution in [3.63, 3.8) is 0 Å². The molecular formula is C29H49NO3. The molecule has 1 fully saturated rings. The number of esters is 1. The molecule has 1 aromatic rings. The number of nitrogens with one attached hydrogen (secondary N) is 1. The Balaban J connectivity index is 1.45. The zero-order valence-corrected chi connectivity index (χ0v) is 21.2. The van der Waals surface area contributed by atoms with E-state index < -0.39 is 0 Å². The van der Waals surface area contributed by atoms with Gasteiger partial charge in [0, 0.05) is 6.04 Å². The highest BCUT2D eigenvalue weighted by Crippen LogP contribution is 2.28. The van der Waals surface area contributed by atoms with Gasteiger partial charge >= 0.3 is 5.97 Å². The summed E-state index contributed by atoms with van der Waals surface area (Å²) in [7, 11) is 0. The monoisotopic (exact) mass is 459 g/mol. The molecule has 0 saturated heterocycles. The molecule has 0 radical (unpaired) electrons. The van der Waals surface area contributed by atoms with Gasteiger partial charge in [-0.2, -0.15) is 0 Å². The molecule has 0 bridgehead atoms. The molecule has 0 aliphatic heterocycles. The Morgan fingerprint density at radius 3 is 1.94 bits per heavy atom. The number of hydrogen-bond donors (Lipinski definition) is 2. The lowest BCUT2D eigenvalue weighted by molar-refractivity contribution is 0.0497. The second kappa shape index (κ2) is 17.7. The van der Waals surface area contributed by atoms with Crippen LogP contribution >= 0.6 is 0 Å². The van der Waals surface area contributed by atoms with Crippen LogP contribution in [0, 0.1) is 0 Å². The summed E-state index contributed by atoms with van der Waals surface area (Å²) in [6.07, 6.45) is 24.4. The fourth-order valence-corrected chi connectivity index (χ4v) is 4.79. The van der Waals surface area contributed by atoms with Gasteiger partial charge in [0.15, 0.2) is 0 Å². The fraction of sp³-hybridized carbons (Fsp3) is 0.759. The molecule has 4 heteroatoms. The van der Waals surface area contributed by atoms with Crippen LogP contribution in [-0.4, -0.2) is 23.7 Å². The van der Waals surface area contributed by atoms with Crippen LogP contribution in [0.3, 0.4) is 0 Å². The van der Waals surface area contributed by atoms with Gasteiger partial charge in [-0.15, -0.1) is 0 Å². The lowest BCUT2D eigenvalue weighted by Crippen LogP contribution is -2.22. The number of aromatic hydroxyl groups is 1. The summed E-state index contributed by atoms with van der Waals surface area (Å²) in [5.74, 6) is -0.212. The summed E-state index contributed by atoms with van der Waals surface area (Å²) in [6.45, 7) is 2.73. The van der Waals surface area contributed by atoms with Crippen molar-refractivity contribution in [2.75, 3.05) is 11.9 Å². The number of carbonyl (C=O) groups is 1. The maximum atomic E-state index is 12.3. The third kappa shape index (κ3) is 12.4. The highest BCUT2D eigenvalue weighted by molar-refractivity contribution is 5.90. The van der Waals surface area contributed by atoms with Gasteiger partial charge in [-0.25, -0.2) is 4.79 Å². The molecule has 0 unspecified atom stereocenters. The normalized spacial score (nSPS) is 14.3. The molecule has 4 nitrogen and oxygen atoms in total. The molecule has 188 valence electrons. The van der Waals surface area contributed by atoms with E-state index in [1.54, 1.807) is 12.1 Å². The average molecular weight is 460 g/mol. The SMILES string of the molecule is CCCCCCCCCCCCCCCCOC(=O)c1ccc(NC2CCCCC2)c(O)c1. The third-order valence-corrected chi connectivity index (χ3v) is 6.93. The van der Waals surface area contributed by atoms with E-state index in [1.165, 1.54) is 102 Å². The van der Waals surface area contributed by atoms with Crippen molar-refractivity contribution in [2.45, 2.75) is 135 Å². The maximum absolute atomic E-state index is 12.3. The number of ether oxygens (including phenoxy) is 1. The van der Waals surface area contributed by atoms with Crippen LogP contribution in [0.5, 0.6) is 5.75 Å². The van der Waals surface area contributed by atoms with Crippen molar-refractivity contribution >= 4 is 11.7 Å². The summed E-state index contributed by atoms with van der Waals surface area (Å²) < 4.78 is 5.41. The fourth-order valence-electron chi connectivity index (χ4n) is 4.79. The van der Waals surface area contributed by atoms with Gasteiger partial charge in [0.1, 0.15) is 5.75 Å². The highest BCUT2D eigenvalue weighted by atomic mass is 16.5. The Morgan fingerprint density at radius 2 is 1.39 bits per heavy atom. The third-order valence-electron chi connectivity index (χ3n) is 6.93. The Bertz CT molecular complexity index is 640. The number of phenols is 1. The molecule has 1 saturated carbocycles. The molecule has 2 N–H and O–H groups in total. The number of phenolic OH excluding ortho intramolecular Hbond substituents is 1. The van der Waals surface area contributed by atoms with Gasteiger partial charge in [-0.05, 0) is 37.5 Å². The van der Waals surface area contributed by atoms with E-state index in [0.29, 0.717) is 23.9 Å². The maximum Gasteiger partial charge on any atom is 0.338 e. The van der Waals surface area contributed by atoms with Crippen molar-refractivity contribution in [1.82, 2.24) is 0 Å². The quantitative estimate of drug-likeness (QED) is 0.131. The molecule has 1 aliphatic carbocycles. The average Bonchev–Trinajstić information content (AvgIpc) is 2.83. The van der Waals surface area contributed by atoms with Gasteiger partial charge < -0.3 is 15.2 Å². The molecule has 0 amide bonds. The Hall–Kier alpha value is -1.71. The molecule has 1 aliphatic rings. The van der Waals surface area contributed by atoms with Crippen molar-refractivity contribution in [3.05, 3.63) is 23.8 Å². The summed E-state index contributed by atoms with van der Waals surface area (Å²) >= 11 is 0. The Labute approximate surface area is 202 Å². The van der Waals surface area contributed by atoms with E-state index in [-0.39, 0.29) is 11.7 Å². The van der Waals surface area contributed by atoms with Crippen LogP contribution < -0.4 is 5.32 Å². The van der Waals surface area contributed by atoms with E-state index in [0.717, 1.165) is 25.7 Å². The predicted molar refractivity (Wildman–Crippen MR) is 139 cm³/mol. The molecule has 2 rings (SSSR count). The first-order valence-electron chi connectivity index (χ1n) is 14.0.